The number of carbonyl (C=O) groups excluding carboxylic acids is 2. The fourth-order valence-electron chi connectivity index (χ4n) is 2.81. The van der Waals surface area contributed by atoms with Gasteiger partial charge in [-0.3, -0.25) is 19.5 Å². The van der Waals surface area contributed by atoms with Crippen LogP contribution in [0.2, 0.25) is 0 Å². The molecule has 0 aliphatic heterocycles. The van der Waals surface area contributed by atoms with E-state index in [1.54, 1.807) is 37.3 Å². The van der Waals surface area contributed by atoms with Crippen molar-refractivity contribution in [3.8, 4) is 11.4 Å². The lowest BCUT2D eigenvalue weighted by Gasteiger charge is -2.18. The minimum Gasteiger partial charge on any atom is -0.495 e. The van der Waals surface area contributed by atoms with Crippen molar-refractivity contribution in [2.45, 2.75) is 24.3 Å². The van der Waals surface area contributed by atoms with Gasteiger partial charge in [0.1, 0.15) is 5.75 Å². The summed E-state index contributed by atoms with van der Waals surface area (Å²) in [6.07, 6.45) is 0. The highest BCUT2D eigenvalue weighted by Gasteiger charge is 2.22. The summed E-state index contributed by atoms with van der Waals surface area (Å²) in [4.78, 5) is 41.1. The van der Waals surface area contributed by atoms with Gasteiger partial charge in [-0.1, -0.05) is 30.0 Å². The van der Waals surface area contributed by atoms with Crippen LogP contribution in [0.1, 0.15) is 12.5 Å². The number of carbonyl (C=O) groups is 2. The smallest absolute Gasteiger partial charge is 0.318 e. The number of nitrogens with two attached hydrogens (primary N) is 1. The average molecular weight is 412 g/mol. The van der Waals surface area contributed by atoms with Gasteiger partial charge in [-0.2, -0.15) is 0 Å². The minimum atomic E-state index is -0.938. The van der Waals surface area contributed by atoms with E-state index in [0.717, 1.165) is 17.3 Å². The molecule has 0 aliphatic rings. The molecule has 29 heavy (non-hydrogen) atoms. The van der Waals surface area contributed by atoms with E-state index in [1.165, 1.54) is 11.7 Å². The van der Waals surface area contributed by atoms with Crippen LogP contribution < -0.4 is 21.3 Å². The Morgan fingerprint density at radius 1 is 1.24 bits per heavy atom. The molecule has 1 atom stereocenters. The van der Waals surface area contributed by atoms with E-state index in [9.17, 15) is 14.4 Å². The van der Waals surface area contributed by atoms with E-state index in [0.29, 0.717) is 27.5 Å². The van der Waals surface area contributed by atoms with E-state index < -0.39 is 17.2 Å². The number of imide groups is 1. The van der Waals surface area contributed by atoms with Gasteiger partial charge in [0, 0.05) is 0 Å². The maximum absolute atomic E-state index is 13.3. The Kier molecular flexibility index (Phi) is 5.88. The molecule has 3 aromatic rings. The van der Waals surface area contributed by atoms with E-state index in [1.807, 2.05) is 24.4 Å². The SMILES string of the molecule is COc1ccc(C)cc1-n1c(S[C@H](C)C(=O)NC(N)=O)nc2ccccc2c1=O. The van der Waals surface area contributed by atoms with Crippen molar-refractivity contribution in [2.24, 2.45) is 5.73 Å². The summed E-state index contributed by atoms with van der Waals surface area (Å²) in [7, 11) is 1.52. The molecule has 0 aliphatic carbocycles. The monoisotopic (exact) mass is 412 g/mol. The van der Waals surface area contributed by atoms with Crippen LogP contribution in [0.5, 0.6) is 5.75 Å². The number of benzene rings is 2. The molecule has 0 radical (unpaired) electrons. The van der Waals surface area contributed by atoms with Crippen molar-refractivity contribution in [3.05, 3.63) is 58.4 Å². The highest BCUT2D eigenvalue weighted by Crippen LogP contribution is 2.30. The Hall–Kier alpha value is -3.33. The largest absolute Gasteiger partial charge is 0.495 e. The molecule has 8 nitrogen and oxygen atoms in total. The number of methoxy groups -OCH3 is 1. The molecule has 0 bridgehead atoms. The Balaban J connectivity index is 2.22. The van der Waals surface area contributed by atoms with Gasteiger partial charge in [0.2, 0.25) is 5.91 Å². The zero-order valence-electron chi connectivity index (χ0n) is 16.1. The molecule has 1 heterocycles. The Morgan fingerprint density at radius 2 is 1.97 bits per heavy atom. The predicted molar refractivity (Wildman–Crippen MR) is 112 cm³/mol. The average Bonchev–Trinajstić information content (AvgIpc) is 2.67. The van der Waals surface area contributed by atoms with Crippen LogP contribution in [0, 0.1) is 6.92 Å². The number of hydrogen-bond donors (Lipinski definition) is 2. The van der Waals surface area contributed by atoms with Gasteiger partial charge < -0.3 is 10.5 Å². The molecule has 3 N–H and O–H groups in total. The summed E-state index contributed by atoms with van der Waals surface area (Å²) in [5, 5.41) is 2.06. The van der Waals surface area contributed by atoms with E-state index in [2.05, 4.69) is 4.98 Å². The van der Waals surface area contributed by atoms with Crippen LogP contribution in [0.3, 0.4) is 0 Å². The fraction of sp³-hybridized carbons (Fsp3) is 0.200. The van der Waals surface area contributed by atoms with Gasteiger partial charge in [-0.15, -0.1) is 0 Å². The van der Waals surface area contributed by atoms with Crippen molar-refractivity contribution in [3.63, 3.8) is 0 Å². The van der Waals surface area contributed by atoms with Crippen LogP contribution in [-0.2, 0) is 4.79 Å². The Morgan fingerprint density at radius 3 is 2.66 bits per heavy atom. The number of amides is 3. The van der Waals surface area contributed by atoms with Gasteiger partial charge in [-0.25, -0.2) is 9.78 Å². The first-order valence-corrected chi connectivity index (χ1v) is 9.63. The van der Waals surface area contributed by atoms with E-state index in [4.69, 9.17) is 10.5 Å². The molecule has 0 spiro atoms. The highest BCUT2D eigenvalue weighted by atomic mass is 32.2. The molecule has 0 saturated carbocycles. The first kappa shape index (κ1) is 20.4. The number of aryl methyl sites for hydroxylation is 1. The molecule has 0 saturated heterocycles. The number of hydrogen-bond acceptors (Lipinski definition) is 6. The Labute approximate surface area is 171 Å². The number of primary amides is 1. The summed E-state index contributed by atoms with van der Waals surface area (Å²) in [5.74, 6) is -0.0847. The second-order valence-corrected chi connectivity index (χ2v) is 7.65. The maximum atomic E-state index is 13.3. The van der Waals surface area contributed by atoms with Gasteiger partial charge in [0.25, 0.3) is 5.56 Å². The third kappa shape index (κ3) is 4.24. The molecule has 1 aromatic heterocycles. The van der Waals surface area contributed by atoms with Crippen molar-refractivity contribution in [1.82, 2.24) is 14.9 Å². The van der Waals surface area contributed by atoms with Crippen molar-refractivity contribution < 1.29 is 14.3 Å². The molecular formula is C20H20N4O4S. The summed E-state index contributed by atoms with van der Waals surface area (Å²) < 4.78 is 6.87. The zero-order chi connectivity index (χ0) is 21.1. The van der Waals surface area contributed by atoms with Crippen molar-refractivity contribution >= 4 is 34.6 Å². The number of ether oxygens (including phenoxy) is 1. The first-order chi connectivity index (χ1) is 13.8. The number of thioether (sulfide) groups is 1. The van der Waals surface area contributed by atoms with Gasteiger partial charge in [0.05, 0.1) is 29.0 Å². The van der Waals surface area contributed by atoms with Crippen LogP contribution in [0.4, 0.5) is 4.79 Å². The molecule has 0 unspecified atom stereocenters. The van der Waals surface area contributed by atoms with Crippen molar-refractivity contribution in [2.75, 3.05) is 7.11 Å². The van der Waals surface area contributed by atoms with Crippen LogP contribution >= 0.6 is 11.8 Å². The van der Waals surface area contributed by atoms with Crippen LogP contribution in [0.25, 0.3) is 16.6 Å². The lowest BCUT2D eigenvalue weighted by Crippen LogP contribution is -2.39. The van der Waals surface area contributed by atoms with Crippen LogP contribution in [0.15, 0.2) is 52.4 Å². The van der Waals surface area contributed by atoms with E-state index >= 15 is 0 Å². The number of rotatable bonds is 5. The summed E-state index contributed by atoms with van der Waals surface area (Å²) >= 11 is 1.05. The molecule has 3 rings (SSSR count). The summed E-state index contributed by atoms with van der Waals surface area (Å²) in [6, 6.07) is 11.5. The number of para-hydroxylation sites is 1. The lowest BCUT2D eigenvalue weighted by atomic mass is 10.2. The highest BCUT2D eigenvalue weighted by molar-refractivity contribution is 8.00. The Bertz CT molecular complexity index is 1160. The van der Waals surface area contributed by atoms with Gasteiger partial charge in [-0.05, 0) is 43.7 Å². The summed E-state index contributed by atoms with van der Waals surface area (Å²) in [6.45, 7) is 3.50. The van der Waals surface area contributed by atoms with Crippen LogP contribution in [-0.4, -0.2) is 33.8 Å². The number of nitrogens with zero attached hydrogens (tertiary/aromatic N) is 2. The molecule has 9 heteroatoms. The minimum absolute atomic E-state index is 0.287. The molecule has 150 valence electrons. The number of urea groups is 1. The topological polar surface area (TPSA) is 116 Å². The fourth-order valence-corrected chi connectivity index (χ4v) is 3.73. The molecule has 3 amide bonds. The van der Waals surface area contributed by atoms with Crippen molar-refractivity contribution in [1.29, 1.82) is 0 Å². The lowest BCUT2D eigenvalue weighted by molar-refractivity contribution is -0.119. The first-order valence-electron chi connectivity index (χ1n) is 8.75. The normalized spacial score (nSPS) is 11.8. The second kappa shape index (κ2) is 8.36. The third-order valence-electron chi connectivity index (χ3n) is 4.22. The molecular weight excluding hydrogens is 392 g/mol. The number of aromatic nitrogens is 2. The standard InChI is InChI=1S/C20H20N4O4S/c1-11-8-9-16(28-3)15(10-11)24-18(26)13-6-4-5-7-14(13)22-20(24)29-12(2)17(25)23-19(21)27/h4-10,12H,1-3H3,(H3,21,23,25,27)/t12-/m1/s1. The second-order valence-electron chi connectivity index (χ2n) is 6.34. The predicted octanol–water partition coefficient (Wildman–Crippen LogP) is 2.38. The van der Waals surface area contributed by atoms with E-state index in [-0.39, 0.29) is 5.56 Å². The molecule has 0 fully saturated rings. The maximum Gasteiger partial charge on any atom is 0.318 e. The zero-order valence-corrected chi connectivity index (χ0v) is 16.9. The van der Waals surface area contributed by atoms with Gasteiger partial charge in [0.15, 0.2) is 5.16 Å². The molecule has 2 aromatic carbocycles. The number of fused-ring (bicyclic) bond motifs is 1. The quantitative estimate of drug-likeness (QED) is 0.491. The van der Waals surface area contributed by atoms with Gasteiger partial charge >= 0.3 is 6.03 Å². The third-order valence-corrected chi connectivity index (χ3v) is 5.27. The number of nitrogens with one attached hydrogen (secondary N) is 1. The summed E-state index contributed by atoms with van der Waals surface area (Å²) in [5.41, 5.74) is 6.69.